The van der Waals surface area contributed by atoms with Crippen LogP contribution < -0.4 is 0 Å². The number of ether oxygens (including phenoxy) is 1. The lowest BCUT2D eigenvalue weighted by Crippen LogP contribution is -2.51. The summed E-state index contributed by atoms with van der Waals surface area (Å²) in [6.45, 7) is 7.54. The molecule has 4 nitrogen and oxygen atoms in total. The number of nitrogens with zero attached hydrogens (tertiary/aromatic N) is 2. The minimum absolute atomic E-state index is 0.116. The molecule has 0 saturated carbocycles. The molecule has 1 amide bonds. The number of hydrogen-bond donors (Lipinski definition) is 0. The monoisotopic (exact) mass is 484 g/mol. The van der Waals surface area contributed by atoms with E-state index in [1.807, 2.05) is 0 Å². The first-order valence-electron chi connectivity index (χ1n) is 13.8. The second-order valence-electron chi connectivity index (χ2n) is 10.6. The van der Waals surface area contributed by atoms with Crippen LogP contribution in [0.25, 0.3) is 10.8 Å². The highest BCUT2D eigenvalue weighted by atomic mass is 16.5. The lowest BCUT2D eigenvalue weighted by Gasteiger charge is -2.42. The van der Waals surface area contributed by atoms with Gasteiger partial charge in [-0.05, 0) is 86.0 Å². The molecule has 2 fully saturated rings. The molecule has 2 aliphatic rings. The van der Waals surface area contributed by atoms with Crippen molar-refractivity contribution in [3.05, 3.63) is 83.9 Å². The maximum atomic E-state index is 13.7. The molecule has 0 aliphatic carbocycles. The third-order valence-corrected chi connectivity index (χ3v) is 8.28. The standard InChI is InChI=1S/C32H40N2O2/c1-2-34(32(35)29-16-20-36-21-17-29)31(23-25-8-4-3-5-9-25)28-14-18-33(19-15-28)24-26-12-13-27-10-6-7-11-30(27)22-26/h3-13,22,28-29,31H,2,14-21,23-24H2,1H3/t31-/m1/s1. The van der Waals surface area contributed by atoms with Gasteiger partial charge in [-0.2, -0.15) is 0 Å². The molecular formula is C32H40N2O2. The minimum atomic E-state index is 0.116. The zero-order valence-electron chi connectivity index (χ0n) is 21.6. The van der Waals surface area contributed by atoms with Crippen LogP contribution in [0.5, 0.6) is 0 Å². The van der Waals surface area contributed by atoms with E-state index < -0.39 is 0 Å². The van der Waals surface area contributed by atoms with Gasteiger partial charge in [0.1, 0.15) is 0 Å². The molecule has 2 saturated heterocycles. The third-order valence-electron chi connectivity index (χ3n) is 8.28. The summed E-state index contributed by atoms with van der Waals surface area (Å²) < 4.78 is 5.54. The normalized spacial score (nSPS) is 18.8. The Bertz CT molecular complexity index is 1120. The van der Waals surface area contributed by atoms with Crippen molar-refractivity contribution in [1.82, 2.24) is 9.80 Å². The molecule has 0 spiro atoms. The lowest BCUT2D eigenvalue weighted by molar-refractivity contribution is -0.142. The minimum Gasteiger partial charge on any atom is -0.381 e. The van der Waals surface area contributed by atoms with E-state index in [1.165, 1.54) is 21.9 Å². The summed E-state index contributed by atoms with van der Waals surface area (Å²) in [5.74, 6) is 0.993. The van der Waals surface area contributed by atoms with E-state index in [4.69, 9.17) is 4.74 Å². The highest BCUT2D eigenvalue weighted by Gasteiger charge is 2.35. The topological polar surface area (TPSA) is 32.8 Å². The largest absolute Gasteiger partial charge is 0.381 e. The van der Waals surface area contributed by atoms with Crippen LogP contribution in [0.1, 0.15) is 43.7 Å². The second kappa shape index (κ2) is 12.0. The highest BCUT2D eigenvalue weighted by Crippen LogP contribution is 2.30. The fourth-order valence-corrected chi connectivity index (χ4v) is 6.21. The molecule has 190 valence electrons. The van der Waals surface area contributed by atoms with Crippen molar-refractivity contribution in [2.75, 3.05) is 32.8 Å². The molecule has 0 unspecified atom stereocenters. The average molecular weight is 485 g/mol. The molecule has 0 radical (unpaired) electrons. The van der Waals surface area contributed by atoms with Crippen molar-refractivity contribution in [3.63, 3.8) is 0 Å². The van der Waals surface area contributed by atoms with Crippen molar-refractivity contribution in [2.45, 2.75) is 51.6 Å². The van der Waals surface area contributed by atoms with Gasteiger partial charge in [0, 0.05) is 38.3 Å². The van der Waals surface area contributed by atoms with Crippen molar-refractivity contribution < 1.29 is 9.53 Å². The number of piperidine rings is 1. The summed E-state index contributed by atoms with van der Waals surface area (Å²) in [6.07, 6.45) is 4.94. The second-order valence-corrected chi connectivity index (χ2v) is 10.6. The fourth-order valence-electron chi connectivity index (χ4n) is 6.21. The maximum Gasteiger partial charge on any atom is 0.226 e. The molecule has 2 aliphatic heterocycles. The molecule has 2 heterocycles. The van der Waals surface area contributed by atoms with Crippen LogP contribution in [0.15, 0.2) is 72.8 Å². The lowest BCUT2D eigenvalue weighted by atomic mass is 9.83. The van der Waals surface area contributed by atoms with Crippen LogP contribution in [0.2, 0.25) is 0 Å². The molecule has 0 N–H and O–H groups in total. The molecule has 1 atom stereocenters. The molecule has 0 bridgehead atoms. The van der Waals surface area contributed by atoms with Gasteiger partial charge < -0.3 is 9.64 Å². The predicted octanol–water partition coefficient (Wildman–Crippen LogP) is 5.94. The van der Waals surface area contributed by atoms with Crippen molar-refractivity contribution in [1.29, 1.82) is 0 Å². The van der Waals surface area contributed by atoms with E-state index in [9.17, 15) is 4.79 Å². The van der Waals surface area contributed by atoms with Gasteiger partial charge in [-0.3, -0.25) is 9.69 Å². The number of amides is 1. The maximum absolute atomic E-state index is 13.7. The van der Waals surface area contributed by atoms with Gasteiger partial charge in [0.15, 0.2) is 0 Å². The number of likely N-dealkylation sites (N-methyl/N-ethyl adjacent to an activating group) is 1. The van der Waals surface area contributed by atoms with Crippen LogP contribution in [-0.2, 0) is 22.5 Å². The smallest absolute Gasteiger partial charge is 0.226 e. The van der Waals surface area contributed by atoms with Crippen LogP contribution in [0.3, 0.4) is 0 Å². The SMILES string of the molecule is CCN(C(=O)C1CCOCC1)[C@H](Cc1ccccc1)C1CCN(Cc2ccc3ccccc3c2)CC1. The fraction of sp³-hybridized carbons (Fsp3) is 0.469. The van der Waals surface area contributed by atoms with E-state index in [0.29, 0.717) is 25.0 Å². The Morgan fingerprint density at radius 1 is 0.889 bits per heavy atom. The van der Waals surface area contributed by atoms with E-state index in [2.05, 4.69) is 89.5 Å². The van der Waals surface area contributed by atoms with Crippen LogP contribution in [0.4, 0.5) is 0 Å². The highest BCUT2D eigenvalue weighted by molar-refractivity contribution is 5.83. The summed E-state index contributed by atoms with van der Waals surface area (Å²) in [6, 6.07) is 26.5. The van der Waals surface area contributed by atoms with Gasteiger partial charge >= 0.3 is 0 Å². The molecule has 4 heteroatoms. The van der Waals surface area contributed by atoms with E-state index >= 15 is 0 Å². The van der Waals surface area contributed by atoms with Gasteiger partial charge in [0.25, 0.3) is 0 Å². The molecule has 5 rings (SSSR count). The number of fused-ring (bicyclic) bond motifs is 1. The Morgan fingerprint density at radius 2 is 1.58 bits per heavy atom. The zero-order valence-corrected chi connectivity index (χ0v) is 21.6. The summed E-state index contributed by atoms with van der Waals surface area (Å²) in [7, 11) is 0. The van der Waals surface area contributed by atoms with Crippen molar-refractivity contribution in [3.8, 4) is 0 Å². The first kappa shape index (κ1) is 25.0. The Balaban J connectivity index is 1.27. The van der Waals surface area contributed by atoms with Crippen LogP contribution in [-0.4, -0.2) is 54.6 Å². The zero-order chi connectivity index (χ0) is 24.7. The Labute approximate surface area is 216 Å². The van der Waals surface area contributed by atoms with Gasteiger partial charge in [-0.1, -0.05) is 66.7 Å². The Hall–Kier alpha value is -2.69. The first-order chi connectivity index (χ1) is 17.7. The van der Waals surface area contributed by atoms with E-state index in [1.54, 1.807) is 0 Å². The number of benzene rings is 3. The summed E-state index contributed by atoms with van der Waals surface area (Å²) >= 11 is 0. The van der Waals surface area contributed by atoms with Gasteiger partial charge in [0.05, 0.1) is 0 Å². The van der Waals surface area contributed by atoms with Crippen LogP contribution in [0, 0.1) is 11.8 Å². The third kappa shape index (κ3) is 5.99. The first-order valence-corrected chi connectivity index (χ1v) is 13.8. The van der Waals surface area contributed by atoms with Crippen molar-refractivity contribution >= 4 is 16.7 Å². The molecule has 0 aromatic heterocycles. The number of carbonyl (C=O) groups is 1. The molecular weight excluding hydrogens is 444 g/mol. The van der Waals surface area contributed by atoms with E-state index in [0.717, 1.165) is 58.3 Å². The molecule has 36 heavy (non-hydrogen) atoms. The number of rotatable bonds is 8. The Kier molecular flexibility index (Phi) is 8.35. The number of likely N-dealkylation sites (tertiary alicyclic amines) is 1. The molecule has 3 aromatic rings. The summed E-state index contributed by atoms with van der Waals surface area (Å²) in [5.41, 5.74) is 2.72. The van der Waals surface area contributed by atoms with Gasteiger partial charge in [0.2, 0.25) is 5.91 Å². The Morgan fingerprint density at radius 3 is 2.31 bits per heavy atom. The van der Waals surface area contributed by atoms with Crippen molar-refractivity contribution in [2.24, 2.45) is 11.8 Å². The number of carbonyl (C=O) groups excluding carboxylic acids is 1. The van der Waals surface area contributed by atoms with E-state index in [-0.39, 0.29) is 12.0 Å². The van der Waals surface area contributed by atoms with Gasteiger partial charge in [-0.25, -0.2) is 0 Å². The van der Waals surface area contributed by atoms with Gasteiger partial charge in [-0.15, -0.1) is 0 Å². The quantitative estimate of drug-likeness (QED) is 0.397. The number of hydrogen-bond acceptors (Lipinski definition) is 3. The molecule has 3 aromatic carbocycles. The summed E-state index contributed by atoms with van der Waals surface area (Å²) in [5, 5.41) is 2.62. The summed E-state index contributed by atoms with van der Waals surface area (Å²) in [4.78, 5) is 18.5. The predicted molar refractivity (Wildman–Crippen MR) is 147 cm³/mol. The van der Waals surface area contributed by atoms with Crippen LogP contribution >= 0.6 is 0 Å². The average Bonchev–Trinajstić information content (AvgIpc) is 2.94.